The van der Waals surface area contributed by atoms with Crippen LogP contribution in [0.2, 0.25) is 0 Å². The second-order valence-corrected chi connectivity index (χ2v) is 11.6. The summed E-state index contributed by atoms with van der Waals surface area (Å²) in [5.74, 6) is -0.351. The van der Waals surface area contributed by atoms with Gasteiger partial charge in [-0.15, -0.1) is 0 Å². The highest BCUT2D eigenvalue weighted by atomic mass is 19.3. The lowest BCUT2D eigenvalue weighted by molar-refractivity contribution is -0.108. The number of fused-ring (bicyclic) bond motifs is 3. The number of aliphatic hydroxyl groups is 1. The third-order valence-electron chi connectivity index (χ3n) is 8.22. The van der Waals surface area contributed by atoms with Crippen molar-refractivity contribution >= 4 is 16.9 Å². The third kappa shape index (κ3) is 4.47. The van der Waals surface area contributed by atoms with Crippen molar-refractivity contribution in [3.8, 4) is 22.9 Å². The zero-order chi connectivity index (χ0) is 30.0. The molecule has 2 aromatic heterocycles. The minimum absolute atomic E-state index is 0.0724. The second-order valence-electron chi connectivity index (χ2n) is 11.6. The molecule has 1 atom stereocenters. The molecule has 1 aliphatic heterocycles. The Bertz CT molecular complexity index is 1770. The molecule has 0 saturated heterocycles. The number of ether oxygens (including phenoxy) is 1. The summed E-state index contributed by atoms with van der Waals surface area (Å²) in [5.41, 5.74) is 0.777. The molecule has 1 aliphatic carbocycles. The summed E-state index contributed by atoms with van der Waals surface area (Å²) in [6.45, 7) is -1.35. The maximum atomic E-state index is 15.3. The van der Waals surface area contributed by atoms with Crippen LogP contribution in [0, 0.1) is 22.6 Å². The first kappa shape index (κ1) is 27.7. The molecular weight excluding hydrogens is 547 g/mol. The standard InChI is InChI=1S/C31H28F3N5O3/c1-30(16-35)14-31(41,15-30)27-20(32)11-18(13-36-27)17-7-8-21-23(12-17)39-22(9-10-25(39)37-21)26-19(28(40)38(2)3)5-4-6-24(26)42-29(33)34/h4-8,11-13,22,29,41H,9-10,14-15H2,1-3H3/t22-,30?,31?/m1/s1. The van der Waals surface area contributed by atoms with E-state index in [-0.39, 0.29) is 35.8 Å². The molecule has 1 amide bonds. The molecule has 0 bridgehead atoms. The Kier molecular flexibility index (Phi) is 6.50. The molecule has 1 fully saturated rings. The molecule has 0 radical (unpaired) electrons. The molecule has 0 spiro atoms. The first-order valence-corrected chi connectivity index (χ1v) is 13.5. The largest absolute Gasteiger partial charge is 0.434 e. The summed E-state index contributed by atoms with van der Waals surface area (Å²) in [6, 6.07) is 12.9. The van der Waals surface area contributed by atoms with Crippen molar-refractivity contribution in [1.29, 1.82) is 5.26 Å². The SMILES string of the molecule is CN(C)C(=O)c1cccc(OC(F)F)c1[C@H]1CCc2nc3ccc(-c4cnc(C5(O)CC(C)(C#N)C5)c(F)c4)cc3n21. The van der Waals surface area contributed by atoms with E-state index >= 15 is 4.39 Å². The number of aromatic nitrogens is 3. The number of aryl methyl sites for hydroxylation is 1. The number of hydrogen-bond donors (Lipinski definition) is 1. The highest BCUT2D eigenvalue weighted by Gasteiger charge is 2.54. The van der Waals surface area contributed by atoms with Crippen LogP contribution >= 0.6 is 0 Å². The van der Waals surface area contributed by atoms with E-state index in [1.54, 1.807) is 39.2 Å². The average molecular weight is 576 g/mol. The minimum Gasteiger partial charge on any atom is -0.434 e. The van der Waals surface area contributed by atoms with Crippen molar-refractivity contribution in [2.75, 3.05) is 14.1 Å². The fourth-order valence-corrected chi connectivity index (χ4v) is 6.45. The van der Waals surface area contributed by atoms with Crippen LogP contribution in [0.15, 0.2) is 48.7 Å². The van der Waals surface area contributed by atoms with Gasteiger partial charge in [0.1, 0.15) is 28.7 Å². The molecule has 11 heteroatoms. The Morgan fingerprint density at radius 2 is 1.98 bits per heavy atom. The highest BCUT2D eigenvalue weighted by Crippen LogP contribution is 2.53. The van der Waals surface area contributed by atoms with Crippen molar-refractivity contribution in [2.45, 2.75) is 50.9 Å². The number of hydrogen-bond acceptors (Lipinski definition) is 6. The molecule has 216 valence electrons. The van der Waals surface area contributed by atoms with Gasteiger partial charge < -0.3 is 19.3 Å². The van der Waals surface area contributed by atoms with Gasteiger partial charge in [-0.2, -0.15) is 14.0 Å². The Balaban J connectivity index is 1.42. The van der Waals surface area contributed by atoms with E-state index in [4.69, 9.17) is 9.72 Å². The van der Waals surface area contributed by atoms with Crippen molar-refractivity contribution in [3.05, 3.63) is 77.1 Å². The molecule has 42 heavy (non-hydrogen) atoms. The van der Waals surface area contributed by atoms with Gasteiger partial charge in [-0.25, -0.2) is 9.37 Å². The monoisotopic (exact) mass is 575 g/mol. The second kappa shape index (κ2) is 9.84. The third-order valence-corrected chi connectivity index (χ3v) is 8.22. The van der Waals surface area contributed by atoms with E-state index in [0.717, 1.165) is 5.82 Å². The van der Waals surface area contributed by atoms with Crippen molar-refractivity contribution < 1.29 is 27.8 Å². The smallest absolute Gasteiger partial charge is 0.387 e. The van der Waals surface area contributed by atoms with Crippen LogP contribution in [0.4, 0.5) is 13.2 Å². The van der Waals surface area contributed by atoms with Crippen molar-refractivity contribution in [2.24, 2.45) is 5.41 Å². The first-order chi connectivity index (χ1) is 19.9. The molecule has 0 unspecified atom stereocenters. The fraction of sp³-hybridized carbons (Fsp3) is 0.355. The van der Waals surface area contributed by atoms with Crippen molar-refractivity contribution in [3.63, 3.8) is 0 Å². The van der Waals surface area contributed by atoms with Crippen LogP contribution in [0.5, 0.6) is 5.75 Å². The summed E-state index contributed by atoms with van der Waals surface area (Å²) in [7, 11) is 3.19. The van der Waals surface area contributed by atoms with E-state index in [2.05, 4.69) is 11.1 Å². The van der Waals surface area contributed by atoms with Gasteiger partial charge in [-0.05, 0) is 49.2 Å². The van der Waals surface area contributed by atoms with Crippen LogP contribution in [-0.2, 0) is 12.0 Å². The fourth-order valence-electron chi connectivity index (χ4n) is 6.45. The van der Waals surface area contributed by atoms with Crippen LogP contribution in [0.25, 0.3) is 22.2 Å². The number of rotatable bonds is 6. The zero-order valence-corrected chi connectivity index (χ0v) is 23.2. The quantitative estimate of drug-likeness (QED) is 0.322. The number of carbonyl (C=O) groups excluding carboxylic acids is 1. The topological polar surface area (TPSA) is 104 Å². The van der Waals surface area contributed by atoms with Gasteiger partial charge >= 0.3 is 6.61 Å². The summed E-state index contributed by atoms with van der Waals surface area (Å²) in [6.07, 6.45) is 2.76. The molecular formula is C31H28F3N5O3. The number of halogens is 3. The van der Waals surface area contributed by atoms with Gasteiger partial charge in [0.2, 0.25) is 0 Å². The number of benzene rings is 2. The summed E-state index contributed by atoms with van der Waals surface area (Å²) in [4.78, 5) is 23.5. The Hall–Kier alpha value is -4.43. The first-order valence-electron chi connectivity index (χ1n) is 13.5. The molecule has 4 aromatic rings. The number of nitriles is 1. The van der Waals surface area contributed by atoms with E-state index in [1.165, 1.54) is 29.3 Å². The number of nitrogens with zero attached hydrogens (tertiary/aromatic N) is 5. The normalized spacial score (nSPS) is 23.0. The summed E-state index contributed by atoms with van der Waals surface area (Å²) in [5, 5.41) is 20.2. The average Bonchev–Trinajstić information content (AvgIpc) is 3.50. The molecule has 8 nitrogen and oxygen atoms in total. The molecule has 3 heterocycles. The summed E-state index contributed by atoms with van der Waals surface area (Å²) < 4.78 is 48.9. The van der Waals surface area contributed by atoms with E-state index in [0.29, 0.717) is 40.6 Å². The Morgan fingerprint density at radius 3 is 2.64 bits per heavy atom. The maximum Gasteiger partial charge on any atom is 0.387 e. The van der Waals surface area contributed by atoms with Crippen LogP contribution in [0.3, 0.4) is 0 Å². The van der Waals surface area contributed by atoms with Crippen LogP contribution in [-0.4, -0.2) is 51.2 Å². The lowest BCUT2D eigenvalue weighted by Gasteiger charge is -2.46. The number of pyridine rings is 1. The Labute approximate surface area is 240 Å². The van der Waals surface area contributed by atoms with E-state index in [9.17, 15) is 23.9 Å². The molecule has 1 saturated carbocycles. The van der Waals surface area contributed by atoms with Crippen LogP contribution < -0.4 is 4.74 Å². The summed E-state index contributed by atoms with van der Waals surface area (Å²) >= 11 is 0. The van der Waals surface area contributed by atoms with E-state index < -0.39 is 29.5 Å². The lowest BCUT2D eigenvalue weighted by atomic mass is 9.59. The van der Waals surface area contributed by atoms with Gasteiger partial charge in [-0.1, -0.05) is 12.1 Å². The van der Waals surface area contributed by atoms with Gasteiger partial charge in [-0.3, -0.25) is 9.78 Å². The minimum atomic E-state index is -3.07. The molecule has 1 N–H and O–H groups in total. The van der Waals surface area contributed by atoms with Gasteiger partial charge in [0.25, 0.3) is 5.91 Å². The molecule has 2 aromatic carbocycles. The predicted molar refractivity (Wildman–Crippen MR) is 147 cm³/mol. The van der Waals surface area contributed by atoms with Gasteiger partial charge in [0.15, 0.2) is 0 Å². The number of carbonyl (C=O) groups is 1. The molecule has 2 aliphatic rings. The van der Waals surface area contributed by atoms with Gasteiger partial charge in [0, 0.05) is 56.2 Å². The van der Waals surface area contributed by atoms with Gasteiger partial charge in [0.05, 0.1) is 28.6 Å². The van der Waals surface area contributed by atoms with E-state index in [1.807, 2.05) is 10.6 Å². The molecule has 6 rings (SSSR count). The Morgan fingerprint density at radius 1 is 1.21 bits per heavy atom. The number of alkyl halides is 2. The van der Waals surface area contributed by atoms with Crippen LogP contribution in [0.1, 0.15) is 59.7 Å². The lowest BCUT2D eigenvalue weighted by Crippen LogP contribution is -2.48. The number of amides is 1. The highest BCUT2D eigenvalue weighted by molar-refractivity contribution is 5.96. The number of imidazole rings is 1. The zero-order valence-electron chi connectivity index (χ0n) is 23.2. The maximum absolute atomic E-state index is 15.3. The van der Waals surface area contributed by atoms with Crippen molar-refractivity contribution in [1.82, 2.24) is 19.4 Å². The predicted octanol–water partition coefficient (Wildman–Crippen LogP) is 5.59.